The lowest BCUT2D eigenvalue weighted by Gasteiger charge is -2.22. The number of rotatable bonds is 3. The molecule has 0 heterocycles. The summed E-state index contributed by atoms with van der Waals surface area (Å²) in [7, 11) is 0. The van der Waals surface area contributed by atoms with Crippen LogP contribution in [0.2, 0.25) is 0 Å². The molecule has 0 amide bonds. The van der Waals surface area contributed by atoms with Gasteiger partial charge in [-0.3, -0.25) is 0 Å². The van der Waals surface area contributed by atoms with E-state index in [1.165, 1.54) is 0 Å². The summed E-state index contributed by atoms with van der Waals surface area (Å²) >= 11 is 0. The lowest BCUT2D eigenvalue weighted by molar-refractivity contribution is -0.0492. The quantitative estimate of drug-likeness (QED) is 0.892. The van der Waals surface area contributed by atoms with Gasteiger partial charge in [0.1, 0.15) is 6.10 Å². The molecule has 2 heteroatoms. The second-order valence-electron chi connectivity index (χ2n) is 5.51. The lowest BCUT2D eigenvalue weighted by atomic mass is 10.0. The summed E-state index contributed by atoms with van der Waals surface area (Å²) in [5.41, 5.74) is 0.698. The predicted octanol–water partition coefficient (Wildman–Crippen LogP) is 3.69. The van der Waals surface area contributed by atoms with Crippen LogP contribution in [0.4, 0.5) is 0 Å². The van der Waals surface area contributed by atoms with Crippen molar-refractivity contribution in [1.82, 2.24) is 0 Å². The van der Waals surface area contributed by atoms with Crippen molar-refractivity contribution in [1.29, 1.82) is 0 Å². The smallest absolute Gasteiger partial charge is 0.103 e. The molecule has 0 bridgehead atoms. The third-order valence-electron chi connectivity index (χ3n) is 2.86. The van der Waals surface area contributed by atoms with Gasteiger partial charge in [0.05, 0.1) is 12.2 Å². The van der Waals surface area contributed by atoms with Gasteiger partial charge in [-0.05, 0) is 37.1 Å². The zero-order valence-corrected chi connectivity index (χ0v) is 11.2. The van der Waals surface area contributed by atoms with E-state index >= 15 is 0 Å². The molecular formula is C16H20O2. The van der Waals surface area contributed by atoms with Crippen LogP contribution in [0.3, 0.4) is 0 Å². The highest BCUT2D eigenvalue weighted by molar-refractivity contribution is 5.85. The number of fused-ring (bicyclic) bond motifs is 1. The van der Waals surface area contributed by atoms with Crippen LogP contribution in [0.5, 0.6) is 0 Å². The van der Waals surface area contributed by atoms with Gasteiger partial charge in [0.2, 0.25) is 0 Å². The van der Waals surface area contributed by atoms with E-state index in [1.807, 2.05) is 51.1 Å². The number of hydrogen-bond donors (Lipinski definition) is 1. The summed E-state index contributed by atoms with van der Waals surface area (Å²) in [5, 5.41) is 12.5. The van der Waals surface area contributed by atoms with Gasteiger partial charge in [0.15, 0.2) is 0 Å². The van der Waals surface area contributed by atoms with Crippen LogP contribution in [0.25, 0.3) is 10.8 Å². The monoisotopic (exact) mass is 244 g/mol. The molecule has 1 unspecified atom stereocenters. The third-order valence-corrected chi connectivity index (χ3v) is 2.86. The maximum Gasteiger partial charge on any atom is 0.103 e. The van der Waals surface area contributed by atoms with Gasteiger partial charge < -0.3 is 9.84 Å². The SMILES string of the molecule is CC(C)(C)OCC(O)c1cccc2ccccc12. The van der Waals surface area contributed by atoms with Crippen molar-refractivity contribution in [2.45, 2.75) is 32.5 Å². The summed E-state index contributed by atoms with van der Waals surface area (Å²) in [6.07, 6.45) is -0.588. The lowest BCUT2D eigenvalue weighted by Crippen LogP contribution is -2.22. The first kappa shape index (κ1) is 13.1. The van der Waals surface area contributed by atoms with Crippen molar-refractivity contribution in [3.63, 3.8) is 0 Å². The maximum absolute atomic E-state index is 10.3. The fraction of sp³-hybridized carbons (Fsp3) is 0.375. The van der Waals surface area contributed by atoms with Gasteiger partial charge in [0.25, 0.3) is 0 Å². The van der Waals surface area contributed by atoms with Crippen LogP contribution in [-0.2, 0) is 4.74 Å². The van der Waals surface area contributed by atoms with Crippen molar-refractivity contribution < 1.29 is 9.84 Å². The summed E-state index contributed by atoms with van der Waals surface area (Å²) in [6, 6.07) is 14.1. The Bertz CT molecular complexity index is 521. The van der Waals surface area contributed by atoms with Gasteiger partial charge in [0, 0.05) is 0 Å². The van der Waals surface area contributed by atoms with E-state index in [0.29, 0.717) is 6.61 Å². The summed E-state index contributed by atoms with van der Waals surface area (Å²) in [6.45, 7) is 6.28. The molecule has 0 radical (unpaired) electrons. The van der Waals surface area contributed by atoms with Gasteiger partial charge >= 0.3 is 0 Å². The molecule has 2 aromatic carbocycles. The minimum absolute atomic E-state index is 0.231. The van der Waals surface area contributed by atoms with E-state index in [2.05, 4.69) is 12.1 Å². The van der Waals surface area contributed by atoms with Crippen LogP contribution < -0.4 is 0 Å². The summed E-state index contributed by atoms with van der Waals surface area (Å²) in [4.78, 5) is 0. The molecule has 2 aromatic rings. The topological polar surface area (TPSA) is 29.5 Å². The highest BCUT2D eigenvalue weighted by Crippen LogP contribution is 2.25. The molecule has 0 spiro atoms. The van der Waals surface area contributed by atoms with Crippen molar-refractivity contribution >= 4 is 10.8 Å². The first-order chi connectivity index (χ1) is 8.47. The van der Waals surface area contributed by atoms with E-state index in [4.69, 9.17) is 4.74 Å². The van der Waals surface area contributed by atoms with Crippen LogP contribution in [0, 0.1) is 0 Å². The van der Waals surface area contributed by atoms with Crippen molar-refractivity contribution in [2.24, 2.45) is 0 Å². The highest BCUT2D eigenvalue weighted by atomic mass is 16.5. The Hall–Kier alpha value is -1.38. The zero-order chi connectivity index (χ0) is 13.2. The number of hydrogen-bond acceptors (Lipinski definition) is 2. The predicted molar refractivity (Wildman–Crippen MR) is 74.6 cm³/mol. The molecule has 0 aliphatic heterocycles. The number of ether oxygens (including phenoxy) is 1. The molecular weight excluding hydrogens is 224 g/mol. The second-order valence-corrected chi connectivity index (χ2v) is 5.51. The van der Waals surface area contributed by atoms with E-state index in [1.54, 1.807) is 0 Å². The number of benzene rings is 2. The Morgan fingerprint density at radius 1 is 1.06 bits per heavy atom. The van der Waals surface area contributed by atoms with E-state index < -0.39 is 6.10 Å². The van der Waals surface area contributed by atoms with Crippen LogP contribution >= 0.6 is 0 Å². The van der Waals surface area contributed by atoms with E-state index in [9.17, 15) is 5.11 Å². The number of aliphatic hydroxyl groups is 1. The summed E-state index contributed by atoms with van der Waals surface area (Å²) in [5.74, 6) is 0. The van der Waals surface area contributed by atoms with Gasteiger partial charge in [-0.1, -0.05) is 42.5 Å². The zero-order valence-electron chi connectivity index (χ0n) is 11.2. The first-order valence-corrected chi connectivity index (χ1v) is 6.27. The Morgan fingerprint density at radius 2 is 1.72 bits per heavy atom. The van der Waals surface area contributed by atoms with Crippen LogP contribution in [0.15, 0.2) is 42.5 Å². The minimum Gasteiger partial charge on any atom is -0.386 e. The molecule has 0 aliphatic rings. The Labute approximate surface area is 108 Å². The summed E-state index contributed by atoms with van der Waals surface area (Å²) < 4.78 is 5.64. The van der Waals surface area contributed by atoms with Crippen LogP contribution in [0.1, 0.15) is 32.4 Å². The Kier molecular flexibility index (Phi) is 3.69. The van der Waals surface area contributed by atoms with Crippen LogP contribution in [-0.4, -0.2) is 17.3 Å². The normalized spacial score (nSPS) is 13.8. The number of aliphatic hydroxyl groups excluding tert-OH is 1. The van der Waals surface area contributed by atoms with Gasteiger partial charge in [-0.2, -0.15) is 0 Å². The van der Waals surface area contributed by atoms with E-state index in [0.717, 1.165) is 16.3 Å². The fourth-order valence-corrected chi connectivity index (χ4v) is 1.96. The molecule has 2 rings (SSSR count). The van der Waals surface area contributed by atoms with Gasteiger partial charge in [-0.15, -0.1) is 0 Å². The molecule has 1 atom stereocenters. The minimum atomic E-state index is -0.588. The average molecular weight is 244 g/mol. The molecule has 1 N–H and O–H groups in total. The molecule has 0 saturated heterocycles. The van der Waals surface area contributed by atoms with Gasteiger partial charge in [-0.25, -0.2) is 0 Å². The van der Waals surface area contributed by atoms with E-state index in [-0.39, 0.29) is 5.60 Å². The Balaban J connectivity index is 2.25. The largest absolute Gasteiger partial charge is 0.386 e. The molecule has 18 heavy (non-hydrogen) atoms. The standard InChI is InChI=1S/C16H20O2/c1-16(2,3)18-11-15(17)14-10-6-8-12-7-4-5-9-13(12)14/h4-10,15,17H,11H2,1-3H3. The molecule has 0 aromatic heterocycles. The first-order valence-electron chi connectivity index (χ1n) is 6.27. The molecule has 0 saturated carbocycles. The molecule has 2 nitrogen and oxygen atoms in total. The second kappa shape index (κ2) is 5.09. The Morgan fingerprint density at radius 3 is 2.44 bits per heavy atom. The highest BCUT2D eigenvalue weighted by Gasteiger charge is 2.16. The average Bonchev–Trinajstić information content (AvgIpc) is 2.34. The molecule has 96 valence electrons. The van der Waals surface area contributed by atoms with Crippen molar-refractivity contribution in [3.8, 4) is 0 Å². The third kappa shape index (κ3) is 3.09. The van der Waals surface area contributed by atoms with Crippen molar-refractivity contribution in [2.75, 3.05) is 6.61 Å². The molecule has 0 fully saturated rings. The van der Waals surface area contributed by atoms with Crippen molar-refractivity contribution in [3.05, 3.63) is 48.0 Å². The molecule has 0 aliphatic carbocycles. The maximum atomic E-state index is 10.3. The fourth-order valence-electron chi connectivity index (χ4n) is 1.96.